The first-order valence-electron chi connectivity index (χ1n) is 4.94. The van der Waals surface area contributed by atoms with Gasteiger partial charge >= 0.3 is 0 Å². The number of hydrogen-bond acceptors (Lipinski definition) is 4. The quantitative estimate of drug-likeness (QED) is 0.365. The van der Waals surface area contributed by atoms with Gasteiger partial charge in [-0.3, -0.25) is 0 Å². The van der Waals surface area contributed by atoms with E-state index in [1.54, 1.807) is 0 Å². The lowest BCUT2D eigenvalue weighted by atomic mass is 10.0. The van der Waals surface area contributed by atoms with E-state index in [0.29, 0.717) is 6.07 Å². The molecular formula is C12H7F3O4. The van der Waals surface area contributed by atoms with Crippen molar-refractivity contribution in [3.8, 4) is 34.1 Å². The van der Waals surface area contributed by atoms with Crippen molar-refractivity contribution in [2.24, 2.45) is 0 Å². The van der Waals surface area contributed by atoms with Crippen LogP contribution in [0.25, 0.3) is 11.1 Å². The molecule has 0 heterocycles. The summed E-state index contributed by atoms with van der Waals surface area (Å²) in [5.41, 5.74) is -1.20. The third-order valence-electron chi connectivity index (χ3n) is 2.49. The normalized spacial score (nSPS) is 10.7. The van der Waals surface area contributed by atoms with E-state index in [-0.39, 0.29) is 0 Å². The lowest BCUT2D eigenvalue weighted by molar-refractivity contribution is 0.386. The Morgan fingerprint density at radius 1 is 0.632 bits per heavy atom. The summed E-state index contributed by atoms with van der Waals surface area (Å²) in [5.74, 6) is -8.70. The van der Waals surface area contributed by atoms with Gasteiger partial charge in [-0.05, 0) is 12.1 Å². The molecule has 0 amide bonds. The molecule has 0 saturated carbocycles. The molecule has 0 unspecified atom stereocenters. The summed E-state index contributed by atoms with van der Waals surface area (Å²) >= 11 is 0. The maximum Gasteiger partial charge on any atom is 0.203 e. The summed E-state index contributed by atoms with van der Waals surface area (Å²) < 4.78 is 39.6. The van der Waals surface area contributed by atoms with E-state index in [1.807, 2.05) is 0 Å². The van der Waals surface area contributed by atoms with Crippen LogP contribution >= 0.6 is 0 Å². The maximum atomic E-state index is 13.6. The van der Waals surface area contributed by atoms with Crippen LogP contribution in [-0.2, 0) is 0 Å². The summed E-state index contributed by atoms with van der Waals surface area (Å²) in [7, 11) is 0. The highest BCUT2D eigenvalue weighted by Gasteiger charge is 2.22. The minimum atomic E-state index is -1.93. The minimum absolute atomic E-state index is 0.496. The molecule has 2 rings (SSSR count). The van der Waals surface area contributed by atoms with Crippen molar-refractivity contribution >= 4 is 0 Å². The number of phenols is 4. The average molecular weight is 272 g/mol. The lowest BCUT2D eigenvalue weighted by Crippen LogP contribution is -1.95. The SMILES string of the molecule is Oc1cc(O)c(O)c(-c2cc(O)c(F)c(F)c2F)c1. The zero-order valence-corrected chi connectivity index (χ0v) is 9.15. The van der Waals surface area contributed by atoms with Crippen molar-refractivity contribution in [3.05, 3.63) is 35.7 Å². The van der Waals surface area contributed by atoms with E-state index in [0.717, 1.165) is 12.1 Å². The summed E-state index contributed by atoms with van der Waals surface area (Å²) in [6, 6.07) is 2.13. The zero-order chi connectivity index (χ0) is 14.3. The van der Waals surface area contributed by atoms with Crippen LogP contribution in [0.2, 0.25) is 0 Å². The van der Waals surface area contributed by atoms with Crippen LogP contribution in [0.15, 0.2) is 18.2 Å². The molecule has 0 atom stereocenters. The molecule has 0 saturated heterocycles. The number of halogens is 3. The van der Waals surface area contributed by atoms with Crippen LogP contribution < -0.4 is 0 Å². The standard InChI is InChI=1S/C12H7F3O4/c13-9-5(3-7(17)10(14)11(9)15)6-1-4(16)2-8(18)12(6)19/h1-3,16-19H. The van der Waals surface area contributed by atoms with E-state index >= 15 is 0 Å². The van der Waals surface area contributed by atoms with E-state index in [2.05, 4.69) is 0 Å². The van der Waals surface area contributed by atoms with Crippen molar-refractivity contribution in [2.45, 2.75) is 0 Å². The van der Waals surface area contributed by atoms with Gasteiger partial charge in [0, 0.05) is 17.2 Å². The molecule has 0 bridgehead atoms. The van der Waals surface area contributed by atoms with E-state index < -0.39 is 51.6 Å². The molecule has 4 nitrogen and oxygen atoms in total. The Morgan fingerprint density at radius 2 is 1.26 bits per heavy atom. The Hall–Kier alpha value is -2.57. The molecule has 7 heteroatoms. The van der Waals surface area contributed by atoms with Crippen molar-refractivity contribution in [2.75, 3.05) is 0 Å². The van der Waals surface area contributed by atoms with Crippen molar-refractivity contribution in [1.29, 1.82) is 0 Å². The van der Waals surface area contributed by atoms with Crippen LogP contribution in [0.3, 0.4) is 0 Å². The number of rotatable bonds is 1. The first-order chi connectivity index (χ1) is 8.82. The van der Waals surface area contributed by atoms with Gasteiger partial charge in [-0.1, -0.05) is 0 Å². The topological polar surface area (TPSA) is 80.9 Å². The van der Waals surface area contributed by atoms with Gasteiger partial charge in [0.25, 0.3) is 0 Å². The molecule has 0 aliphatic carbocycles. The predicted octanol–water partition coefficient (Wildman–Crippen LogP) is 2.59. The van der Waals surface area contributed by atoms with Crippen molar-refractivity contribution in [3.63, 3.8) is 0 Å². The first-order valence-corrected chi connectivity index (χ1v) is 4.94. The highest BCUT2D eigenvalue weighted by Crippen LogP contribution is 2.42. The van der Waals surface area contributed by atoms with Gasteiger partial charge in [0.05, 0.1) is 0 Å². The molecule has 2 aromatic carbocycles. The molecule has 2 aromatic rings. The second-order valence-electron chi connectivity index (χ2n) is 3.75. The Balaban J connectivity index is 2.80. The van der Waals surface area contributed by atoms with Gasteiger partial charge in [0.15, 0.2) is 28.9 Å². The van der Waals surface area contributed by atoms with Gasteiger partial charge in [0.1, 0.15) is 5.75 Å². The fourth-order valence-corrected chi connectivity index (χ4v) is 1.60. The van der Waals surface area contributed by atoms with E-state index in [9.17, 15) is 28.5 Å². The van der Waals surface area contributed by atoms with Gasteiger partial charge < -0.3 is 20.4 Å². The average Bonchev–Trinajstić information content (AvgIpc) is 2.36. The van der Waals surface area contributed by atoms with E-state index in [4.69, 9.17) is 5.11 Å². The monoisotopic (exact) mass is 272 g/mol. The summed E-state index contributed by atoms with van der Waals surface area (Å²) in [6.07, 6.45) is 0. The van der Waals surface area contributed by atoms with Gasteiger partial charge in [0.2, 0.25) is 5.82 Å². The van der Waals surface area contributed by atoms with Crippen LogP contribution in [0, 0.1) is 17.5 Å². The van der Waals surface area contributed by atoms with Crippen LogP contribution in [0.1, 0.15) is 0 Å². The molecule has 0 aliphatic rings. The fourth-order valence-electron chi connectivity index (χ4n) is 1.60. The summed E-state index contributed by atoms with van der Waals surface area (Å²) in [4.78, 5) is 0. The molecule has 100 valence electrons. The molecule has 0 radical (unpaired) electrons. The second kappa shape index (κ2) is 4.27. The number of phenolic OH excluding ortho intramolecular Hbond substituents is 4. The molecule has 19 heavy (non-hydrogen) atoms. The Morgan fingerprint density at radius 3 is 1.89 bits per heavy atom. The smallest absolute Gasteiger partial charge is 0.203 e. The molecule has 0 spiro atoms. The number of hydrogen-bond donors (Lipinski definition) is 4. The van der Waals surface area contributed by atoms with Gasteiger partial charge in [-0.2, -0.15) is 4.39 Å². The first kappa shape index (κ1) is 12.9. The second-order valence-corrected chi connectivity index (χ2v) is 3.75. The molecule has 0 aliphatic heterocycles. The summed E-state index contributed by atoms with van der Waals surface area (Å²) in [5, 5.41) is 37.1. The summed E-state index contributed by atoms with van der Waals surface area (Å²) in [6.45, 7) is 0. The molecular weight excluding hydrogens is 265 g/mol. The molecule has 0 aromatic heterocycles. The van der Waals surface area contributed by atoms with Crippen molar-refractivity contribution < 1.29 is 33.6 Å². The van der Waals surface area contributed by atoms with Gasteiger partial charge in [-0.25, -0.2) is 8.78 Å². The fraction of sp³-hybridized carbons (Fsp3) is 0. The van der Waals surface area contributed by atoms with Crippen LogP contribution in [0.5, 0.6) is 23.0 Å². The minimum Gasteiger partial charge on any atom is -0.508 e. The Bertz CT molecular complexity index is 671. The third-order valence-corrected chi connectivity index (χ3v) is 2.49. The van der Waals surface area contributed by atoms with Crippen LogP contribution in [0.4, 0.5) is 13.2 Å². The number of benzene rings is 2. The Labute approximate surface area is 104 Å². The highest BCUT2D eigenvalue weighted by molar-refractivity contribution is 5.76. The molecule has 0 fully saturated rings. The van der Waals surface area contributed by atoms with Crippen LogP contribution in [-0.4, -0.2) is 20.4 Å². The highest BCUT2D eigenvalue weighted by atomic mass is 19.2. The largest absolute Gasteiger partial charge is 0.508 e. The predicted molar refractivity (Wildman–Crippen MR) is 58.4 cm³/mol. The molecule has 4 N–H and O–H groups in total. The van der Waals surface area contributed by atoms with Gasteiger partial charge in [-0.15, -0.1) is 0 Å². The van der Waals surface area contributed by atoms with E-state index in [1.165, 1.54) is 0 Å². The van der Waals surface area contributed by atoms with Crippen molar-refractivity contribution in [1.82, 2.24) is 0 Å². The Kier molecular flexibility index (Phi) is 2.89. The lowest BCUT2D eigenvalue weighted by Gasteiger charge is -2.10. The zero-order valence-electron chi connectivity index (χ0n) is 9.15. The third kappa shape index (κ3) is 1.99. The maximum absolute atomic E-state index is 13.6. The number of aromatic hydroxyl groups is 4.